The number of nitro benzene ring substituents is 1. The average Bonchev–Trinajstić information content (AvgIpc) is 2.54. The van der Waals surface area contributed by atoms with Gasteiger partial charge in [0.2, 0.25) is 0 Å². The minimum atomic E-state index is -3.57. The predicted octanol–water partition coefficient (Wildman–Crippen LogP) is 3.41. The van der Waals surface area contributed by atoms with Crippen LogP contribution in [0.15, 0.2) is 35.2 Å². The molecule has 10 heteroatoms. The molecular formula is C15H15ClN2O6S. The van der Waals surface area contributed by atoms with Crippen LogP contribution in [0.3, 0.4) is 0 Å². The maximum absolute atomic E-state index is 11.6. The molecule has 0 unspecified atom stereocenters. The molecule has 0 saturated heterocycles. The molecule has 0 aliphatic rings. The second-order valence-corrected chi connectivity index (χ2v) is 7.44. The van der Waals surface area contributed by atoms with Gasteiger partial charge in [0.1, 0.15) is 17.2 Å². The summed E-state index contributed by atoms with van der Waals surface area (Å²) in [5.74, 6) is 0.730. The normalized spacial score (nSPS) is 11.0. The number of halogens is 1. The van der Waals surface area contributed by atoms with Crippen LogP contribution in [0.4, 0.5) is 17.1 Å². The molecule has 0 spiro atoms. The van der Waals surface area contributed by atoms with E-state index in [-0.39, 0.29) is 15.6 Å². The van der Waals surface area contributed by atoms with Crippen LogP contribution in [0.2, 0.25) is 5.02 Å². The van der Waals surface area contributed by atoms with E-state index < -0.39 is 20.4 Å². The summed E-state index contributed by atoms with van der Waals surface area (Å²) in [4.78, 5) is 10.5. The SMILES string of the molecule is COc1cc(OC)c(Nc2ccc(S(C)(=O)=O)cc2[N+](=O)[O-])cc1Cl. The Labute approximate surface area is 149 Å². The van der Waals surface area contributed by atoms with Crippen molar-refractivity contribution in [1.82, 2.24) is 0 Å². The van der Waals surface area contributed by atoms with E-state index in [2.05, 4.69) is 5.32 Å². The summed E-state index contributed by atoms with van der Waals surface area (Å²) < 4.78 is 33.5. The van der Waals surface area contributed by atoms with Gasteiger partial charge in [-0.3, -0.25) is 10.1 Å². The van der Waals surface area contributed by atoms with Gasteiger partial charge in [-0.15, -0.1) is 0 Å². The van der Waals surface area contributed by atoms with E-state index in [1.807, 2.05) is 0 Å². The highest BCUT2D eigenvalue weighted by Crippen LogP contribution is 2.39. The van der Waals surface area contributed by atoms with Crippen LogP contribution < -0.4 is 14.8 Å². The Morgan fingerprint density at radius 2 is 1.72 bits per heavy atom. The van der Waals surface area contributed by atoms with Gasteiger partial charge in [-0.25, -0.2) is 8.42 Å². The number of ether oxygens (including phenoxy) is 2. The number of sulfone groups is 1. The van der Waals surface area contributed by atoms with E-state index >= 15 is 0 Å². The van der Waals surface area contributed by atoms with Crippen LogP contribution >= 0.6 is 11.6 Å². The van der Waals surface area contributed by atoms with Crippen molar-refractivity contribution in [1.29, 1.82) is 0 Å². The summed E-state index contributed by atoms with van der Waals surface area (Å²) in [7, 11) is -0.699. The zero-order valence-corrected chi connectivity index (χ0v) is 15.1. The molecule has 1 N–H and O–H groups in total. The van der Waals surface area contributed by atoms with Crippen molar-refractivity contribution in [2.45, 2.75) is 4.90 Å². The largest absolute Gasteiger partial charge is 0.495 e. The Bertz CT molecular complexity index is 930. The van der Waals surface area contributed by atoms with Gasteiger partial charge < -0.3 is 14.8 Å². The smallest absolute Gasteiger partial charge is 0.293 e. The van der Waals surface area contributed by atoms with Crippen molar-refractivity contribution >= 4 is 38.5 Å². The third-order valence-electron chi connectivity index (χ3n) is 3.34. The predicted molar refractivity (Wildman–Crippen MR) is 94.0 cm³/mol. The van der Waals surface area contributed by atoms with Gasteiger partial charge in [-0.05, 0) is 18.2 Å². The Morgan fingerprint density at radius 1 is 1.08 bits per heavy atom. The Balaban J connectivity index is 2.54. The van der Waals surface area contributed by atoms with Gasteiger partial charge in [0.15, 0.2) is 9.84 Å². The monoisotopic (exact) mass is 386 g/mol. The van der Waals surface area contributed by atoms with Gasteiger partial charge in [0, 0.05) is 18.4 Å². The molecule has 0 aliphatic carbocycles. The lowest BCUT2D eigenvalue weighted by Gasteiger charge is -2.14. The van der Waals surface area contributed by atoms with Crippen molar-refractivity contribution in [3.8, 4) is 11.5 Å². The summed E-state index contributed by atoms with van der Waals surface area (Å²) in [6.07, 6.45) is 0.978. The summed E-state index contributed by atoms with van der Waals surface area (Å²) in [5, 5.41) is 14.4. The highest BCUT2D eigenvalue weighted by molar-refractivity contribution is 7.90. The Kier molecular flexibility index (Phi) is 5.39. The van der Waals surface area contributed by atoms with E-state index in [1.165, 1.54) is 38.5 Å². The summed E-state index contributed by atoms with van der Waals surface area (Å²) in [6.45, 7) is 0. The molecule has 8 nitrogen and oxygen atoms in total. The summed E-state index contributed by atoms with van der Waals surface area (Å²) >= 11 is 6.08. The number of hydrogen-bond donors (Lipinski definition) is 1. The zero-order chi connectivity index (χ0) is 18.8. The molecule has 25 heavy (non-hydrogen) atoms. The van der Waals surface area contributed by atoms with Crippen LogP contribution in [-0.2, 0) is 9.84 Å². The quantitative estimate of drug-likeness (QED) is 0.598. The van der Waals surface area contributed by atoms with Gasteiger partial charge in [-0.2, -0.15) is 0 Å². The number of methoxy groups -OCH3 is 2. The first-order valence-electron chi connectivity index (χ1n) is 6.84. The standard InChI is InChI=1S/C15H15ClN2O6S/c1-23-14-8-15(24-2)12(7-10(14)16)17-11-5-4-9(25(3,21)22)6-13(11)18(19)20/h4-8,17H,1-3H3. The number of hydrogen-bond acceptors (Lipinski definition) is 7. The highest BCUT2D eigenvalue weighted by Gasteiger charge is 2.20. The first-order valence-corrected chi connectivity index (χ1v) is 9.11. The van der Waals surface area contributed by atoms with E-state index in [0.29, 0.717) is 17.2 Å². The number of nitrogens with one attached hydrogen (secondary N) is 1. The zero-order valence-electron chi connectivity index (χ0n) is 13.6. The highest BCUT2D eigenvalue weighted by atomic mass is 35.5. The molecule has 134 valence electrons. The Morgan fingerprint density at radius 3 is 2.24 bits per heavy atom. The fraction of sp³-hybridized carbons (Fsp3) is 0.200. The summed E-state index contributed by atoms with van der Waals surface area (Å²) in [6, 6.07) is 6.61. The molecule has 0 radical (unpaired) electrons. The molecule has 0 saturated carbocycles. The van der Waals surface area contributed by atoms with Crippen LogP contribution in [0.1, 0.15) is 0 Å². The summed E-state index contributed by atoms with van der Waals surface area (Å²) in [5.41, 5.74) is 0.0670. The number of nitro groups is 1. The van der Waals surface area contributed by atoms with Crippen molar-refractivity contribution in [3.63, 3.8) is 0 Å². The second-order valence-electron chi connectivity index (χ2n) is 5.02. The number of benzene rings is 2. The Hall–Kier alpha value is -2.52. The molecule has 0 aliphatic heterocycles. The minimum absolute atomic E-state index is 0.0944. The number of rotatable bonds is 6. The topological polar surface area (TPSA) is 108 Å². The molecular weight excluding hydrogens is 372 g/mol. The van der Waals surface area contributed by atoms with Gasteiger partial charge in [-0.1, -0.05) is 11.6 Å². The van der Waals surface area contributed by atoms with Crippen LogP contribution in [0.25, 0.3) is 0 Å². The van der Waals surface area contributed by atoms with E-state index in [9.17, 15) is 18.5 Å². The van der Waals surface area contributed by atoms with Crippen molar-refractivity contribution in [2.24, 2.45) is 0 Å². The molecule has 2 aromatic carbocycles. The van der Waals surface area contributed by atoms with Crippen molar-refractivity contribution in [3.05, 3.63) is 45.5 Å². The van der Waals surface area contributed by atoms with Crippen molar-refractivity contribution < 1.29 is 22.8 Å². The first kappa shape index (κ1) is 18.8. The molecule has 0 aromatic heterocycles. The van der Waals surface area contributed by atoms with Gasteiger partial charge in [0.25, 0.3) is 5.69 Å². The van der Waals surface area contributed by atoms with Crippen LogP contribution in [0.5, 0.6) is 11.5 Å². The second kappa shape index (κ2) is 7.16. The molecule has 0 heterocycles. The molecule has 0 atom stereocenters. The van der Waals surface area contributed by atoms with E-state index in [0.717, 1.165) is 12.3 Å². The molecule has 2 rings (SSSR count). The van der Waals surface area contributed by atoms with Gasteiger partial charge >= 0.3 is 0 Å². The fourth-order valence-electron chi connectivity index (χ4n) is 2.10. The molecule has 0 fully saturated rings. The third kappa shape index (κ3) is 4.12. The van der Waals surface area contributed by atoms with Crippen LogP contribution in [-0.4, -0.2) is 33.8 Å². The minimum Gasteiger partial charge on any atom is -0.495 e. The average molecular weight is 387 g/mol. The molecule has 0 bridgehead atoms. The maximum atomic E-state index is 11.6. The maximum Gasteiger partial charge on any atom is 0.293 e. The number of nitrogens with zero attached hydrogens (tertiary/aromatic N) is 1. The van der Waals surface area contributed by atoms with E-state index in [1.54, 1.807) is 0 Å². The lowest BCUT2D eigenvalue weighted by Crippen LogP contribution is -2.03. The first-order chi connectivity index (χ1) is 11.7. The third-order valence-corrected chi connectivity index (χ3v) is 4.74. The van der Waals surface area contributed by atoms with Crippen molar-refractivity contribution in [2.75, 3.05) is 25.8 Å². The molecule has 0 amide bonds. The van der Waals surface area contributed by atoms with Gasteiger partial charge in [0.05, 0.1) is 34.7 Å². The fourth-order valence-corrected chi connectivity index (χ4v) is 2.98. The van der Waals surface area contributed by atoms with Crippen LogP contribution in [0, 0.1) is 10.1 Å². The van der Waals surface area contributed by atoms with E-state index in [4.69, 9.17) is 21.1 Å². The lowest BCUT2D eigenvalue weighted by molar-refractivity contribution is -0.384. The molecule has 2 aromatic rings. The number of anilines is 2. The lowest BCUT2D eigenvalue weighted by atomic mass is 10.2.